The first-order valence-electron chi connectivity index (χ1n) is 9.87. The topological polar surface area (TPSA) is 41.6 Å². The van der Waals surface area contributed by atoms with Gasteiger partial charge in [-0.05, 0) is 31.7 Å². The van der Waals surface area contributed by atoms with E-state index >= 15 is 0 Å². The standard InChI is InChI=1S/C19H32N2O2/c1-2-21-12-16-15(17-9-10-19(16,13-21)23-17)11-20-18(22)8-7-14-5-3-4-6-14/h14-17H,2-13H2,1H3,(H,20,22)/t15-,16+,17+,19+/m0/s1. The summed E-state index contributed by atoms with van der Waals surface area (Å²) in [5.41, 5.74) is 0.125. The monoisotopic (exact) mass is 320 g/mol. The van der Waals surface area contributed by atoms with Crippen LogP contribution < -0.4 is 5.32 Å². The van der Waals surface area contributed by atoms with Crippen molar-refractivity contribution in [1.29, 1.82) is 0 Å². The molecule has 4 fully saturated rings. The molecule has 4 aliphatic rings. The third-order valence-electron chi connectivity index (χ3n) is 7.09. The summed E-state index contributed by atoms with van der Waals surface area (Å²) < 4.78 is 6.41. The molecule has 4 heteroatoms. The fraction of sp³-hybridized carbons (Fsp3) is 0.947. The molecular formula is C19H32N2O2. The van der Waals surface area contributed by atoms with Crippen molar-refractivity contribution in [3.63, 3.8) is 0 Å². The quantitative estimate of drug-likeness (QED) is 0.818. The normalized spacial score (nSPS) is 40.0. The van der Waals surface area contributed by atoms with Crippen LogP contribution in [-0.4, -0.2) is 48.7 Å². The Hall–Kier alpha value is -0.610. The van der Waals surface area contributed by atoms with Crippen molar-refractivity contribution >= 4 is 5.91 Å². The van der Waals surface area contributed by atoms with E-state index in [2.05, 4.69) is 17.1 Å². The minimum atomic E-state index is 0.125. The number of likely N-dealkylation sites (tertiary alicyclic amines) is 1. The molecule has 3 heterocycles. The van der Waals surface area contributed by atoms with Gasteiger partial charge in [0.15, 0.2) is 0 Å². The lowest BCUT2D eigenvalue weighted by atomic mass is 9.73. The van der Waals surface area contributed by atoms with Gasteiger partial charge in [-0.1, -0.05) is 32.6 Å². The number of fused-ring (bicyclic) bond motifs is 1. The Morgan fingerprint density at radius 2 is 2.13 bits per heavy atom. The van der Waals surface area contributed by atoms with E-state index in [0.29, 0.717) is 17.9 Å². The van der Waals surface area contributed by atoms with Crippen LogP contribution in [0, 0.1) is 17.8 Å². The number of carbonyl (C=O) groups is 1. The maximum absolute atomic E-state index is 12.2. The Morgan fingerprint density at radius 3 is 2.91 bits per heavy atom. The summed E-state index contributed by atoms with van der Waals surface area (Å²) in [7, 11) is 0. The summed E-state index contributed by atoms with van der Waals surface area (Å²) in [6, 6.07) is 0. The molecule has 23 heavy (non-hydrogen) atoms. The minimum absolute atomic E-state index is 0.125. The van der Waals surface area contributed by atoms with E-state index in [9.17, 15) is 4.79 Å². The van der Waals surface area contributed by atoms with Gasteiger partial charge in [0, 0.05) is 37.9 Å². The highest BCUT2D eigenvalue weighted by molar-refractivity contribution is 5.75. The smallest absolute Gasteiger partial charge is 0.220 e. The molecule has 4 rings (SSSR count). The lowest BCUT2D eigenvalue weighted by Crippen LogP contribution is -2.41. The van der Waals surface area contributed by atoms with Gasteiger partial charge in [-0.2, -0.15) is 0 Å². The zero-order valence-corrected chi connectivity index (χ0v) is 14.6. The van der Waals surface area contributed by atoms with E-state index < -0.39 is 0 Å². The van der Waals surface area contributed by atoms with Crippen LogP contribution in [0.25, 0.3) is 0 Å². The average molecular weight is 320 g/mol. The maximum Gasteiger partial charge on any atom is 0.220 e. The molecule has 1 aliphatic carbocycles. The Morgan fingerprint density at radius 1 is 1.30 bits per heavy atom. The second-order valence-electron chi connectivity index (χ2n) is 8.35. The summed E-state index contributed by atoms with van der Waals surface area (Å²) in [5, 5.41) is 3.24. The number of hydrogen-bond donors (Lipinski definition) is 1. The number of nitrogens with zero attached hydrogens (tertiary/aromatic N) is 1. The minimum Gasteiger partial charge on any atom is -0.370 e. The number of rotatable bonds is 6. The van der Waals surface area contributed by atoms with Gasteiger partial charge in [-0.3, -0.25) is 4.79 Å². The third kappa shape index (κ3) is 2.93. The Bertz CT molecular complexity index is 449. The lowest BCUT2D eigenvalue weighted by molar-refractivity contribution is -0.121. The van der Waals surface area contributed by atoms with Gasteiger partial charge in [-0.25, -0.2) is 0 Å². The van der Waals surface area contributed by atoms with E-state index in [1.807, 2.05) is 0 Å². The van der Waals surface area contributed by atoms with E-state index in [-0.39, 0.29) is 11.5 Å². The van der Waals surface area contributed by atoms with Crippen molar-refractivity contribution < 1.29 is 9.53 Å². The molecule has 1 spiro atoms. The van der Waals surface area contributed by atoms with Crippen LogP contribution in [0.2, 0.25) is 0 Å². The van der Waals surface area contributed by atoms with E-state index in [4.69, 9.17) is 4.74 Å². The number of ether oxygens (including phenoxy) is 1. The van der Waals surface area contributed by atoms with Crippen LogP contribution in [0.3, 0.4) is 0 Å². The van der Waals surface area contributed by atoms with Gasteiger partial charge < -0.3 is 15.0 Å². The molecule has 0 aromatic rings. The molecule has 2 bridgehead atoms. The van der Waals surface area contributed by atoms with Gasteiger partial charge in [0.2, 0.25) is 5.91 Å². The summed E-state index contributed by atoms with van der Waals surface area (Å²) in [5.74, 6) is 2.24. The highest BCUT2D eigenvalue weighted by atomic mass is 16.5. The second-order valence-corrected chi connectivity index (χ2v) is 8.35. The molecular weight excluding hydrogens is 288 g/mol. The highest BCUT2D eigenvalue weighted by Crippen LogP contribution is 2.54. The molecule has 4 atom stereocenters. The molecule has 3 aliphatic heterocycles. The molecule has 130 valence electrons. The van der Waals surface area contributed by atoms with Crippen molar-refractivity contribution in [3.05, 3.63) is 0 Å². The number of hydrogen-bond acceptors (Lipinski definition) is 3. The molecule has 0 aromatic heterocycles. The average Bonchev–Trinajstić information content (AvgIpc) is 3.30. The molecule has 0 unspecified atom stereocenters. The molecule has 0 radical (unpaired) electrons. The number of carbonyl (C=O) groups excluding carboxylic acids is 1. The van der Waals surface area contributed by atoms with Crippen LogP contribution in [0.15, 0.2) is 0 Å². The zero-order chi connectivity index (χ0) is 15.9. The fourth-order valence-electron chi connectivity index (χ4n) is 5.75. The summed E-state index contributed by atoms with van der Waals surface area (Å²) in [4.78, 5) is 14.7. The number of amides is 1. The molecule has 1 N–H and O–H groups in total. The molecule has 3 saturated heterocycles. The van der Waals surface area contributed by atoms with Crippen LogP contribution in [0.5, 0.6) is 0 Å². The van der Waals surface area contributed by atoms with Crippen molar-refractivity contribution in [2.75, 3.05) is 26.2 Å². The highest BCUT2D eigenvalue weighted by Gasteiger charge is 2.62. The van der Waals surface area contributed by atoms with E-state index in [1.165, 1.54) is 38.5 Å². The predicted molar refractivity (Wildman–Crippen MR) is 90.1 cm³/mol. The first kappa shape index (κ1) is 15.9. The van der Waals surface area contributed by atoms with Gasteiger partial charge >= 0.3 is 0 Å². The number of nitrogens with one attached hydrogen (secondary N) is 1. The molecule has 1 saturated carbocycles. The zero-order valence-electron chi connectivity index (χ0n) is 14.6. The summed E-state index contributed by atoms with van der Waals surface area (Å²) in [6.07, 6.45) is 10.0. The van der Waals surface area contributed by atoms with Crippen molar-refractivity contribution in [2.45, 2.75) is 70.0 Å². The fourth-order valence-corrected chi connectivity index (χ4v) is 5.75. The van der Waals surface area contributed by atoms with Gasteiger partial charge in [0.1, 0.15) is 0 Å². The Balaban J connectivity index is 1.27. The molecule has 1 amide bonds. The Kier molecular flexibility index (Phi) is 4.39. The second kappa shape index (κ2) is 6.36. The van der Waals surface area contributed by atoms with Crippen LogP contribution in [0.4, 0.5) is 0 Å². The Labute approximate surface area is 140 Å². The molecule has 0 aromatic carbocycles. The van der Waals surface area contributed by atoms with E-state index in [1.54, 1.807) is 0 Å². The van der Waals surface area contributed by atoms with Gasteiger partial charge in [0.25, 0.3) is 0 Å². The largest absolute Gasteiger partial charge is 0.370 e. The van der Waals surface area contributed by atoms with Crippen molar-refractivity contribution in [1.82, 2.24) is 10.2 Å². The van der Waals surface area contributed by atoms with Crippen LogP contribution in [0.1, 0.15) is 58.3 Å². The number of likely N-dealkylation sites (N-methyl/N-ethyl adjacent to an activating group) is 1. The van der Waals surface area contributed by atoms with Crippen molar-refractivity contribution in [2.24, 2.45) is 17.8 Å². The maximum atomic E-state index is 12.2. The van der Waals surface area contributed by atoms with Crippen molar-refractivity contribution in [3.8, 4) is 0 Å². The SMILES string of the molecule is CCN1C[C@@H]2[C@H](CNC(=O)CCC3CCCC3)[C@H]3CC[C@]2(C1)O3. The van der Waals surface area contributed by atoms with Gasteiger partial charge in [-0.15, -0.1) is 0 Å². The predicted octanol–water partition coefficient (Wildman–Crippen LogP) is 2.57. The van der Waals surface area contributed by atoms with Crippen LogP contribution in [-0.2, 0) is 9.53 Å². The van der Waals surface area contributed by atoms with E-state index in [0.717, 1.165) is 44.9 Å². The molecule has 4 nitrogen and oxygen atoms in total. The summed E-state index contributed by atoms with van der Waals surface area (Å²) >= 11 is 0. The first-order chi connectivity index (χ1) is 11.2. The lowest BCUT2D eigenvalue weighted by Gasteiger charge is -2.29. The third-order valence-corrected chi connectivity index (χ3v) is 7.09. The summed E-state index contributed by atoms with van der Waals surface area (Å²) in [6.45, 7) is 6.46. The first-order valence-corrected chi connectivity index (χ1v) is 9.87. The van der Waals surface area contributed by atoms with Gasteiger partial charge in [0.05, 0.1) is 11.7 Å². The van der Waals surface area contributed by atoms with Crippen LogP contribution >= 0.6 is 0 Å².